The largest absolute Gasteiger partial charge is 0.321 e. The van der Waals surface area contributed by atoms with Gasteiger partial charge in [-0.2, -0.15) is 0 Å². The van der Waals surface area contributed by atoms with Crippen molar-refractivity contribution in [3.05, 3.63) is 126 Å². The highest BCUT2D eigenvalue weighted by atomic mass is 32.2. The Morgan fingerprint density at radius 1 is 0.979 bits per heavy atom. The molecule has 0 saturated carbocycles. The van der Waals surface area contributed by atoms with Gasteiger partial charge in [-0.3, -0.25) is 19.5 Å². The number of Topliss-reactive ketones (excluding diaryl/α,β-unsaturated/α-hetero) is 1. The molecule has 0 atom stereocenters. The number of sulfonamides is 1. The van der Waals surface area contributed by atoms with Gasteiger partial charge in [0.15, 0.2) is 5.78 Å². The summed E-state index contributed by atoms with van der Waals surface area (Å²) in [4.78, 5) is 42.0. The van der Waals surface area contributed by atoms with E-state index >= 15 is 4.39 Å². The standard InChI is InChI=1S/C35H35FN6O4S/c1-3-10-33-40-29(4-2)34(30(43)17-20-41(32-14-7-8-19-39-32)35(44)25-11-9-18-38-22-25)42(33)23-26-16-15-24(21-28(26)36)27-12-5-6-13-31(27)47(37,45)46/h5-9,11-16,18-19,21-22H,3-4,10,17,20,23H2,1-2H3,(H2,37,45,46). The van der Waals surface area contributed by atoms with Gasteiger partial charge in [-0.25, -0.2) is 27.9 Å². The Balaban J connectivity index is 1.47. The summed E-state index contributed by atoms with van der Waals surface area (Å²) in [6.07, 6.45) is 6.40. The molecule has 5 rings (SSSR count). The molecular weight excluding hydrogens is 619 g/mol. The van der Waals surface area contributed by atoms with Crippen LogP contribution in [0.3, 0.4) is 0 Å². The minimum atomic E-state index is -4.04. The zero-order chi connectivity index (χ0) is 33.6. The molecule has 3 heterocycles. The molecule has 0 spiro atoms. The predicted octanol–water partition coefficient (Wildman–Crippen LogP) is 5.61. The zero-order valence-electron chi connectivity index (χ0n) is 26.1. The van der Waals surface area contributed by atoms with Crippen LogP contribution in [0.25, 0.3) is 11.1 Å². The van der Waals surface area contributed by atoms with Crippen molar-refractivity contribution in [1.82, 2.24) is 19.5 Å². The molecule has 10 nitrogen and oxygen atoms in total. The van der Waals surface area contributed by atoms with Crippen LogP contribution in [0.2, 0.25) is 0 Å². The monoisotopic (exact) mass is 654 g/mol. The molecule has 0 fully saturated rings. The van der Waals surface area contributed by atoms with Crippen LogP contribution in [-0.2, 0) is 29.4 Å². The topological polar surface area (TPSA) is 141 Å². The Morgan fingerprint density at radius 3 is 2.43 bits per heavy atom. The van der Waals surface area contributed by atoms with Gasteiger partial charge in [-0.1, -0.05) is 50.2 Å². The molecule has 3 aromatic heterocycles. The van der Waals surface area contributed by atoms with Gasteiger partial charge >= 0.3 is 0 Å². The van der Waals surface area contributed by atoms with Crippen molar-refractivity contribution in [3.8, 4) is 11.1 Å². The summed E-state index contributed by atoms with van der Waals surface area (Å²) >= 11 is 0. The van der Waals surface area contributed by atoms with E-state index < -0.39 is 15.8 Å². The summed E-state index contributed by atoms with van der Waals surface area (Å²) in [5, 5.41) is 5.40. The number of benzene rings is 2. The third kappa shape index (κ3) is 7.50. The van der Waals surface area contributed by atoms with E-state index in [1.54, 1.807) is 77.6 Å². The first kappa shape index (κ1) is 33.3. The van der Waals surface area contributed by atoms with Gasteiger partial charge in [0.2, 0.25) is 10.0 Å². The van der Waals surface area contributed by atoms with Crippen LogP contribution < -0.4 is 10.0 Å². The lowest BCUT2D eigenvalue weighted by atomic mass is 10.0. The third-order valence-electron chi connectivity index (χ3n) is 7.72. The summed E-state index contributed by atoms with van der Waals surface area (Å²) in [7, 11) is -4.04. The number of anilines is 1. The Kier molecular flexibility index (Phi) is 10.3. The van der Waals surface area contributed by atoms with Crippen molar-refractivity contribution < 1.29 is 22.4 Å². The number of primary sulfonamides is 1. The molecule has 0 radical (unpaired) electrons. The summed E-state index contributed by atoms with van der Waals surface area (Å²) in [6, 6.07) is 19.2. The van der Waals surface area contributed by atoms with Crippen molar-refractivity contribution in [2.75, 3.05) is 11.4 Å². The average Bonchev–Trinajstić information content (AvgIpc) is 3.43. The smallest absolute Gasteiger partial charge is 0.261 e. The molecule has 0 unspecified atom stereocenters. The molecule has 5 aromatic rings. The van der Waals surface area contributed by atoms with E-state index in [1.165, 1.54) is 23.2 Å². The highest BCUT2D eigenvalue weighted by molar-refractivity contribution is 7.89. The molecule has 0 bridgehead atoms. The molecule has 0 aliphatic heterocycles. The minimum Gasteiger partial charge on any atom is -0.321 e. The number of nitrogens with zero attached hydrogens (tertiary/aromatic N) is 5. The van der Waals surface area contributed by atoms with Gasteiger partial charge in [-0.05, 0) is 54.8 Å². The second-order valence-electron chi connectivity index (χ2n) is 10.9. The van der Waals surface area contributed by atoms with Gasteiger partial charge in [0, 0.05) is 49.1 Å². The molecule has 242 valence electrons. The van der Waals surface area contributed by atoms with Gasteiger partial charge in [0.25, 0.3) is 5.91 Å². The summed E-state index contributed by atoms with van der Waals surface area (Å²) in [5.41, 5.74) is 2.27. The fourth-order valence-corrected chi connectivity index (χ4v) is 6.23. The van der Waals surface area contributed by atoms with E-state index in [9.17, 15) is 18.0 Å². The number of carbonyl (C=O) groups is 2. The van der Waals surface area contributed by atoms with Crippen LogP contribution in [0, 0.1) is 5.82 Å². The summed E-state index contributed by atoms with van der Waals surface area (Å²) < 4.78 is 41.8. The molecule has 2 aromatic carbocycles. The maximum Gasteiger partial charge on any atom is 0.261 e. The molecule has 12 heteroatoms. The van der Waals surface area contributed by atoms with Crippen molar-refractivity contribution >= 4 is 27.5 Å². The van der Waals surface area contributed by atoms with E-state index in [1.807, 2.05) is 13.8 Å². The van der Waals surface area contributed by atoms with E-state index in [0.717, 1.165) is 6.42 Å². The molecule has 0 aliphatic rings. The number of hydrogen-bond donors (Lipinski definition) is 1. The number of rotatable bonds is 13. The Bertz CT molecular complexity index is 2000. The zero-order valence-corrected chi connectivity index (χ0v) is 27.0. The fraction of sp³-hybridized carbons (Fsp3) is 0.229. The lowest BCUT2D eigenvalue weighted by molar-refractivity contribution is 0.0961. The van der Waals surface area contributed by atoms with Gasteiger partial charge < -0.3 is 4.57 Å². The van der Waals surface area contributed by atoms with E-state index in [4.69, 9.17) is 10.1 Å². The Hall–Kier alpha value is -5.07. The Labute approximate surface area is 273 Å². The van der Waals surface area contributed by atoms with Crippen molar-refractivity contribution in [1.29, 1.82) is 0 Å². The first-order chi connectivity index (χ1) is 22.6. The number of amides is 1. The average molecular weight is 655 g/mol. The predicted molar refractivity (Wildman–Crippen MR) is 177 cm³/mol. The molecule has 47 heavy (non-hydrogen) atoms. The number of aryl methyl sites for hydroxylation is 2. The van der Waals surface area contributed by atoms with Crippen LogP contribution in [0.4, 0.5) is 10.2 Å². The molecule has 0 saturated heterocycles. The van der Waals surface area contributed by atoms with Gasteiger partial charge in [0.05, 0.1) is 22.7 Å². The second kappa shape index (κ2) is 14.6. The number of ketones is 1. The minimum absolute atomic E-state index is 0.0292. The van der Waals surface area contributed by atoms with Crippen LogP contribution in [0.5, 0.6) is 0 Å². The van der Waals surface area contributed by atoms with Crippen molar-refractivity contribution in [2.45, 2.75) is 51.0 Å². The highest BCUT2D eigenvalue weighted by Gasteiger charge is 2.26. The van der Waals surface area contributed by atoms with Gasteiger partial charge in [-0.15, -0.1) is 0 Å². The molecule has 2 N–H and O–H groups in total. The van der Waals surface area contributed by atoms with Gasteiger partial charge in [0.1, 0.15) is 23.2 Å². The highest BCUT2D eigenvalue weighted by Crippen LogP contribution is 2.29. The fourth-order valence-electron chi connectivity index (χ4n) is 5.47. The van der Waals surface area contributed by atoms with Crippen LogP contribution in [0.15, 0.2) is 96.3 Å². The second-order valence-corrected chi connectivity index (χ2v) is 12.4. The van der Waals surface area contributed by atoms with Crippen LogP contribution in [-0.4, -0.2) is 46.2 Å². The summed E-state index contributed by atoms with van der Waals surface area (Å²) in [6.45, 7) is 3.99. The normalized spacial score (nSPS) is 11.4. The quantitative estimate of drug-likeness (QED) is 0.163. The Morgan fingerprint density at radius 2 is 1.77 bits per heavy atom. The van der Waals surface area contributed by atoms with E-state index in [-0.39, 0.29) is 41.7 Å². The number of aromatic nitrogens is 4. The first-order valence-electron chi connectivity index (χ1n) is 15.3. The molecular formula is C35H35FN6O4S. The first-order valence-corrected chi connectivity index (χ1v) is 16.8. The van der Waals surface area contributed by atoms with Crippen LogP contribution >= 0.6 is 0 Å². The lowest BCUT2D eigenvalue weighted by Crippen LogP contribution is -2.34. The number of hydrogen-bond acceptors (Lipinski definition) is 7. The van der Waals surface area contributed by atoms with E-state index in [0.29, 0.717) is 52.6 Å². The molecule has 0 aliphatic carbocycles. The number of nitrogens with two attached hydrogens (primary N) is 1. The number of imidazole rings is 1. The number of carbonyl (C=O) groups excluding carboxylic acids is 2. The van der Waals surface area contributed by atoms with E-state index in [2.05, 4.69) is 9.97 Å². The van der Waals surface area contributed by atoms with Crippen molar-refractivity contribution in [2.24, 2.45) is 5.14 Å². The SMILES string of the molecule is CCCc1nc(CC)c(C(=O)CCN(C(=O)c2cccnc2)c2ccccn2)n1Cc1ccc(-c2ccccc2S(N)(=O)=O)cc1F. The maximum absolute atomic E-state index is 15.7. The number of halogens is 1. The number of pyridine rings is 2. The summed E-state index contributed by atoms with van der Waals surface area (Å²) in [5.74, 6) is -0.0925. The lowest BCUT2D eigenvalue weighted by Gasteiger charge is -2.22. The third-order valence-corrected chi connectivity index (χ3v) is 8.69. The molecule has 1 amide bonds. The van der Waals surface area contributed by atoms with Crippen LogP contribution in [0.1, 0.15) is 64.6 Å². The maximum atomic E-state index is 15.7. The van der Waals surface area contributed by atoms with Crippen molar-refractivity contribution in [3.63, 3.8) is 0 Å².